The molecule has 0 aliphatic rings. The monoisotopic (exact) mass is 307 g/mol. The zero-order valence-corrected chi connectivity index (χ0v) is 12.2. The molecule has 18 heavy (non-hydrogen) atoms. The molecule has 1 atom stereocenters. The number of aliphatic carboxylic acids is 1. The molecule has 0 saturated heterocycles. The van der Waals surface area contributed by atoms with E-state index < -0.39 is 12.0 Å². The van der Waals surface area contributed by atoms with Gasteiger partial charge in [0.05, 0.1) is 10.1 Å². The second kappa shape index (κ2) is 7.66. The number of rotatable bonds is 7. The summed E-state index contributed by atoms with van der Waals surface area (Å²) in [7, 11) is 0. The molecule has 0 aliphatic carbocycles. The Kier molecular flexibility index (Phi) is 6.52. The lowest BCUT2D eigenvalue weighted by atomic mass is 10.2. The first-order valence-electron chi connectivity index (χ1n) is 5.37. The molecule has 100 valence electrons. The quantitative estimate of drug-likeness (QED) is 0.812. The summed E-state index contributed by atoms with van der Waals surface area (Å²) in [6, 6.07) is 2.94. The molecular formula is C11H14ClNO3S2. The molecule has 1 aromatic rings. The molecule has 0 saturated carbocycles. The number of nitrogens with one attached hydrogen (secondary N) is 1. The minimum atomic E-state index is -0.999. The maximum Gasteiger partial charge on any atom is 0.326 e. The van der Waals surface area contributed by atoms with Crippen molar-refractivity contribution in [2.24, 2.45) is 0 Å². The SMILES string of the molecule is CCC(NC(=O)CSCc1ccc(Cl)s1)C(=O)O. The Hall–Kier alpha value is -0.720. The van der Waals surface area contributed by atoms with E-state index in [1.807, 2.05) is 12.1 Å². The molecule has 1 rings (SSSR count). The van der Waals surface area contributed by atoms with Crippen LogP contribution in [0.25, 0.3) is 0 Å². The van der Waals surface area contributed by atoms with Crippen molar-refractivity contribution in [2.45, 2.75) is 25.1 Å². The first-order valence-corrected chi connectivity index (χ1v) is 7.72. The van der Waals surface area contributed by atoms with Crippen LogP contribution in [0.4, 0.5) is 0 Å². The molecule has 0 spiro atoms. The highest BCUT2D eigenvalue weighted by molar-refractivity contribution is 7.99. The standard InChI is InChI=1S/C11H14ClNO3S2/c1-2-8(11(15)16)13-10(14)6-17-5-7-3-4-9(12)18-7/h3-4,8H,2,5-6H2,1H3,(H,13,14)(H,15,16). The summed E-state index contributed by atoms with van der Waals surface area (Å²) >= 11 is 8.71. The number of thiophene rings is 1. The molecule has 1 unspecified atom stereocenters. The van der Waals surface area contributed by atoms with Gasteiger partial charge in [-0.05, 0) is 18.6 Å². The number of carboxylic acids is 1. The zero-order valence-electron chi connectivity index (χ0n) is 9.81. The first-order chi connectivity index (χ1) is 8.52. The highest BCUT2D eigenvalue weighted by atomic mass is 35.5. The van der Waals surface area contributed by atoms with Gasteiger partial charge >= 0.3 is 5.97 Å². The van der Waals surface area contributed by atoms with Crippen LogP contribution < -0.4 is 5.32 Å². The lowest BCUT2D eigenvalue weighted by Crippen LogP contribution is -2.41. The van der Waals surface area contributed by atoms with Gasteiger partial charge in [-0.1, -0.05) is 18.5 Å². The average Bonchev–Trinajstić information content (AvgIpc) is 2.71. The highest BCUT2D eigenvalue weighted by Crippen LogP contribution is 2.24. The van der Waals surface area contributed by atoms with Crippen LogP contribution in [0.3, 0.4) is 0 Å². The van der Waals surface area contributed by atoms with E-state index in [-0.39, 0.29) is 11.7 Å². The van der Waals surface area contributed by atoms with Gasteiger partial charge in [-0.2, -0.15) is 0 Å². The van der Waals surface area contributed by atoms with Crippen LogP contribution in [0, 0.1) is 0 Å². The Bertz CT molecular complexity index is 422. The first kappa shape index (κ1) is 15.3. The fourth-order valence-corrected chi connectivity index (χ4v) is 3.28. The third-order valence-electron chi connectivity index (χ3n) is 2.15. The van der Waals surface area contributed by atoms with E-state index in [2.05, 4.69) is 5.32 Å². The molecule has 4 nitrogen and oxygen atoms in total. The second-order valence-electron chi connectivity index (χ2n) is 3.57. The van der Waals surface area contributed by atoms with Gasteiger partial charge in [0, 0.05) is 10.6 Å². The van der Waals surface area contributed by atoms with E-state index in [0.717, 1.165) is 9.21 Å². The largest absolute Gasteiger partial charge is 0.480 e. The fourth-order valence-electron chi connectivity index (χ4n) is 1.25. The van der Waals surface area contributed by atoms with Crippen LogP contribution in [0.2, 0.25) is 4.34 Å². The summed E-state index contributed by atoms with van der Waals surface area (Å²) in [5.41, 5.74) is 0. The molecule has 1 aromatic heterocycles. The minimum absolute atomic E-state index is 0.249. The van der Waals surface area contributed by atoms with E-state index >= 15 is 0 Å². The van der Waals surface area contributed by atoms with Crippen molar-refractivity contribution in [1.29, 1.82) is 0 Å². The van der Waals surface area contributed by atoms with Gasteiger partial charge in [0.1, 0.15) is 6.04 Å². The zero-order chi connectivity index (χ0) is 13.5. The Morgan fingerprint density at radius 1 is 1.56 bits per heavy atom. The molecule has 7 heteroatoms. The van der Waals surface area contributed by atoms with Gasteiger partial charge in [-0.3, -0.25) is 4.79 Å². The summed E-state index contributed by atoms with van der Waals surface area (Å²) in [5.74, 6) is -0.300. The Morgan fingerprint density at radius 3 is 2.78 bits per heavy atom. The highest BCUT2D eigenvalue weighted by Gasteiger charge is 2.17. The third-order valence-corrected chi connectivity index (χ3v) is 4.54. The Labute approximate surface area is 119 Å². The number of carboxylic acid groups (broad SMARTS) is 1. The van der Waals surface area contributed by atoms with Crippen molar-refractivity contribution in [2.75, 3.05) is 5.75 Å². The molecule has 2 N–H and O–H groups in total. The van der Waals surface area contributed by atoms with Crippen LogP contribution in [-0.4, -0.2) is 28.8 Å². The predicted octanol–water partition coefficient (Wildman–Crippen LogP) is 2.61. The lowest BCUT2D eigenvalue weighted by molar-refractivity contribution is -0.141. The van der Waals surface area contributed by atoms with Crippen molar-refractivity contribution in [3.8, 4) is 0 Å². The Morgan fingerprint density at radius 2 is 2.28 bits per heavy atom. The average molecular weight is 308 g/mol. The van der Waals surface area contributed by atoms with Gasteiger partial charge in [-0.25, -0.2) is 4.79 Å². The van der Waals surface area contributed by atoms with Crippen LogP contribution in [-0.2, 0) is 15.3 Å². The number of hydrogen-bond donors (Lipinski definition) is 2. The molecule has 1 heterocycles. The fraction of sp³-hybridized carbons (Fsp3) is 0.455. The minimum Gasteiger partial charge on any atom is -0.480 e. The summed E-state index contributed by atoms with van der Waals surface area (Å²) in [4.78, 5) is 23.3. The van der Waals surface area contributed by atoms with Gasteiger partial charge in [0.15, 0.2) is 0 Å². The van der Waals surface area contributed by atoms with Crippen molar-refractivity contribution in [1.82, 2.24) is 5.32 Å². The molecule has 1 amide bonds. The van der Waals surface area contributed by atoms with Gasteiger partial charge in [0.25, 0.3) is 0 Å². The topological polar surface area (TPSA) is 66.4 Å². The van der Waals surface area contributed by atoms with E-state index in [9.17, 15) is 9.59 Å². The van der Waals surface area contributed by atoms with Crippen molar-refractivity contribution in [3.05, 3.63) is 21.3 Å². The Balaban J connectivity index is 2.26. The summed E-state index contributed by atoms with van der Waals surface area (Å²) in [5, 5.41) is 11.3. The van der Waals surface area contributed by atoms with E-state index in [4.69, 9.17) is 16.7 Å². The molecule has 0 bridgehead atoms. The van der Waals surface area contributed by atoms with Crippen LogP contribution in [0.5, 0.6) is 0 Å². The van der Waals surface area contributed by atoms with Crippen LogP contribution in [0.1, 0.15) is 18.2 Å². The maximum absolute atomic E-state index is 11.5. The van der Waals surface area contributed by atoms with E-state index in [1.54, 1.807) is 6.92 Å². The van der Waals surface area contributed by atoms with Crippen molar-refractivity contribution < 1.29 is 14.7 Å². The predicted molar refractivity (Wildman–Crippen MR) is 75.3 cm³/mol. The molecule has 0 aliphatic heterocycles. The van der Waals surface area contributed by atoms with Crippen LogP contribution in [0.15, 0.2) is 12.1 Å². The third kappa shape index (κ3) is 5.29. The van der Waals surface area contributed by atoms with Crippen LogP contribution >= 0.6 is 34.7 Å². The molecule has 0 aromatic carbocycles. The maximum atomic E-state index is 11.5. The number of thioether (sulfide) groups is 1. The molecular weight excluding hydrogens is 294 g/mol. The number of hydrogen-bond acceptors (Lipinski definition) is 4. The van der Waals surface area contributed by atoms with Gasteiger partial charge in [0.2, 0.25) is 5.91 Å². The van der Waals surface area contributed by atoms with Gasteiger partial charge in [-0.15, -0.1) is 23.1 Å². The van der Waals surface area contributed by atoms with Gasteiger partial charge < -0.3 is 10.4 Å². The van der Waals surface area contributed by atoms with Crippen molar-refractivity contribution in [3.63, 3.8) is 0 Å². The second-order valence-corrected chi connectivity index (χ2v) is 6.35. The number of carbonyl (C=O) groups is 2. The normalized spacial score (nSPS) is 12.1. The summed E-state index contributed by atoms with van der Waals surface area (Å²) in [6.07, 6.45) is 0.381. The van der Waals surface area contributed by atoms with E-state index in [1.165, 1.54) is 23.1 Å². The summed E-state index contributed by atoms with van der Waals surface area (Å²) in [6.45, 7) is 1.72. The summed E-state index contributed by atoms with van der Waals surface area (Å²) < 4.78 is 0.729. The number of carbonyl (C=O) groups excluding carboxylic acids is 1. The smallest absolute Gasteiger partial charge is 0.326 e. The van der Waals surface area contributed by atoms with Crippen molar-refractivity contribution >= 4 is 46.6 Å². The number of halogens is 1. The van der Waals surface area contributed by atoms with E-state index in [0.29, 0.717) is 12.2 Å². The lowest BCUT2D eigenvalue weighted by Gasteiger charge is -2.11. The molecule has 0 fully saturated rings. The number of amides is 1. The molecule has 0 radical (unpaired) electrons.